The number of methoxy groups -OCH3 is 2. The third kappa shape index (κ3) is 3.20. The van der Waals surface area contributed by atoms with Gasteiger partial charge in [0.15, 0.2) is 9.84 Å². The zero-order valence-corrected chi connectivity index (χ0v) is 16.1. The van der Waals surface area contributed by atoms with Crippen LogP contribution in [0.4, 0.5) is 0 Å². The Bertz CT molecular complexity index is 838. The minimum atomic E-state index is -3.41. The van der Waals surface area contributed by atoms with E-state index in [0.29, 0.717) is 24.3 Å². The lowest BCUT2D eigenvalue weighted by atomic mass is 9.82. The van der Waals surface area contributed by atoms with Gasteiger partial charge in [-0.15, -0.1) is 0 Å². The molecule has 0 radical (unpaired) electrons. The molecule has 0 unspecified atom stereocenters. The van der Waals surface area contributed by atoms with Crippen molar-refractivity contribution in [3.8, 4) is 11.5 Å². The van der Waals surface area contributed by atoms with Crippen LogP contribution < -0.4 is 9.47 Å². The molecule has 5 rings (SSSR count). The molecule has 3 fully saturated rings. The van der Waals surface area contributed by atoms with Crippen LogP contribution in [-0.4, -0.2) is 34.1 Å². The monoisotopic (exact) mass is 390 g/mol. The maximum absolute atomic E-state index is 12.9. The first kappa shape index (κ1) is 18.3. The average molecular weight is 390 g/mol. The molecule has 6 nitrogen and oxygen atoms in total. The van der Waals surface area contributed by atoms with Gasteiger partial charge in [-0.2, -0.15) is 0 Å². The number of ether oxygens (including phenoxy) is 2. The van der Waals surface area contributed by atoms with E-state index in [-0.39, 0.29) is 11.5 Å². The van der Waals surface area contributed by atoms with Gasteiger partial charge in [0.1, 0.15) is 22.7 Å². The number of benzene rings is 2. The molecule has 3 aliphatic heterocycles. The first-order valence-electron chi connectivity index (χ1n) is 8.77. The van der Waals surface area contributed by atoms with Crippen LogP contribution in [0.25, 0.3) is 0 Å². The molecule has 3 saturated heterocycles. The van der Waals surface area contributed by atoms with E-state index in [9.17, 15) is 8.42 Å². The van der Waals surface area contributed by atoms with Crippen LogP contribution in [0, 0.1) is 0 Å². The first-order valence-corrected chi connectivity index (χ1v) is 10.6. The number of sulfone groups is 1. The molecular weight excluding hydrogens is 368 g/mol. The molecule has 0 saturated carbocycles. The second-order valence-electron chi connectivity index (χ2n) is 7.14. The Morgan fingerprint density at radius 1 is 0.741 bits per heavy atom. The van der Waals surface area contributed by atoms with Gasteiger partial charge in [0.2, 0.25) is 0 Å². The van der Waals surface area contributed by atoms with Gasteiger partial charge < -0.3 is 9.47 Å². The van der Waals surface area contributed by atoms with Gasteiger partial charge in [-0.1, -0.05) is 24.3 Å². The molecule has 144 valence electrons. The summed E-state index contributed by atoms with van der Waals surface area (Å²) in [5.41, 5.74) is -0.455. The zero-order valence-electron chi connectivity index (χ0n) is 15.3. The van der Waals surface area contributed by atoms with E-state index >= 15 is 0 Å². The summed E-state index contributed by atoms with van der Waals surface area (Å²) in [6.45, 7) is 0. The van der Waals surface area contributed by atoms with E-state index in [1.807, 2.05) is 24.3 Å². The summed E-state index contributed by atoms with van der Waals surface area (Å²) in [4.78, 5) is 11.7. The molecule has 2 aromatic rings. The van der Waals surface area contributed by atoms with Gasteiger partial charge in [-0.3, -0.25) is 0 Å². The van der Waals surface area contributed by atoms with Gasteiger partial charge >= 0.3 is 0 Å². The largest absolute Gasteiger partial charge is 0.497 e. The highest BCUT2D eigenvalue weighted by atomic mass is 32.2. The number of hydrogen-bond donors (Lipinski definition) is 0. The van der Waals surface area contributed by atoms with Crippen molar-refractivity contribution in [1.82, 2.24) is 0 Å². The van der Waals surface area contributed by atoms with Crippen LogP contribution in [0.5, 0.6) is 11.5 Å². The zero-order chi connectivity index (χ0) is 19.1. The Hall–Kier alpha value is -2.09. The van der Waals surface area contributed by atoms with E-state index in [4.69, 9.17) is 19.2 Å². The van der Waals surface area contributed by atoms with Crippen LogP contribution >= 0.6 is 0 Å². The van der Waals surface area contributed by atoms with Crippen molar-refractivity contribution in [1.29, 1.82) is 0 Å². The van der Waals surface area contributed by atoms with Gasteiger partial charge in [0, 0.05) is 0 Å². The van der Waals surface area contributed by atoms with Crippen LogP contribution in [0.2, 0.25) is 0 Å². The Morgan fingerprint density at radius 2 is 1.11 bits per heavy atom. The topological polar surface area (TPSA) is 71.1 Å². The fourth-order valence-electron chi connectivity index (χ4n) is 3.94. The van der Waals surface area contributed by atoms with Crippen LogP contribution in [0.15, 0.2) is 48.5 Å². The van der Waals surface area contributed by atoms with Crippen molar-refractivity contribution in [2.24, 2.45) is 0 Å². The van der Waals surface area contributed by atoms with E-state index < -0.39 is 21.0 Å². The highest BCUT2D eigenvalue weighted by Crippen LogP contribution is 2.50. The van der Waals surface area contributed by atoms with Gasteiger partial charge in [0.05, 0.1) is 25.7 Å². The molecule has 0 N–H and O–H groups in total. The Kier molecular flexibility index (Phi) is 4.41. The highest BCUT2D eigenvalue weighted by molar-refractivity contribution is 7.91. The summed E-state index contributed by atoms with van der Waals surface area (Å²) < 4.78 is 36.2. The molecule has 3 heterocycles. The maximum atomic E-state index is 12.9. The first-order chi connectivity index (χ1) is 12.9. The number of fused-ring (bicyclic) bond motifs is 4. The van der Waals surface area contributed by atoms with E-state index in [2.05, 4.69) is 0 Å². The lowest BCUT2D eigenvalue weighted by Gasteiger charge is -2.40. The van der Waals surface area contributed by atoms with Crippen LogP contribution in [0.1, 0.15) is 24.0 Å². The maximum Gasteiger partial charge on any atom is 0.156 e. The molecule has 2 atom stereocenters. The van der Waals surface area contributed by atoms with E-state index in [0.717, 1.165) is 11.1 Å². The van der Waals surface area contributed by atoms with Crippen LogP contribution in [0.3, 0.4) is 0 Å². The van der Waals surface area contributed by atoms with E-state index in [1.54, 1.807) is 38.5 Å². The predicted octanol–water partition coefficient (Wildman–Crippen LogP) is 2.97. The summed E-state index contributed by atoms with van der Waals surface area (Å²) >= 11 is 0. The molecule has 7 heteroatoms. The quantitative estimate of drug-likeness (QED) is 0.748. The highest BCUT2D eigenvalue weighted by Gasteiger charge is 2.55. The van der Waals surface area contributed by atoms with Crippen LogP contribution in [-0.2, 0) is 30.8 Å². The normalized spacial score (nSPS) is 29.1. The lowest BCUT2D eigenvalue weighted by Crippen LogP contribution is -2.43. The molecule has 2 aromatic carbocycles. The van der Waals surface area contributed by atoms with E-state index in [1.165, 1.54) is 0 Å². The smallest absolute Gasteiger partial charge is 0.156 e. The SMILES string of the molecule is COc1ccc([C@@]23CC[C@@](c4ccc(OC)cc4)(CS(=O)(=O)C2)OO3)cc1. The molecule has 0 spiro atoms. The van der Waals surface area contributed by atoms with Crippen molar-refractivity contribution in [3.05, 3.63) is 59.7 Å². The standard InChI is InChI=1S/C20H22O6S/c1-23-17-7-3-15(4-8-17)19-11-12-20(26-25-19,14-27(21,22)13-19)16-5-9-18(24-2)10-6-16/h3-10H,11-14H2,1-2H3/t19-,20+. The summed E-state index contributed by atoms with van der Waals surface area (Å²) in [7, 11) is -0.232. The summed E-state index contributed by atoms with van der Waals surface area (Å²) in [6.07, 6.45) is 1.09. The average Bonchev–Trinajstić information content (AvgIpc) is 2.89. The van der Waals surface area contributed by atoms with Crippen molar-refractivity contribution >= 4 is 9.84 Å². The number of rotatable bonds is 4. The second-order valence-corrected chi connectivity index (χ2v) is 9.21. The Morgan fingerprint density at radius 3 is 1.41 bits per heavy atom. The molecule has 27 heavy (non-hydrogen) atoms. The minimum Gasteiger partial charge on any atom is -0.497 e. The van der Waals surface area contributed by atoms with Gasteiger partial charge in [-0.05, 0) is 48.2 Å². The Balaban J connectivity index is 1.71. The van der Waals surface area contributed by atoms with Crippen molar-refractivity contribution in [2.75, 3.05) is 25.7 Å². The third-order valence-electron chi connectivity index (χ3n) is 5.43. The van der Waals surface area contributed by atoms with Crippen molar-refractivity contribution in [3.63, 3.8) is 0 Å². The molecule has 3 aliphatic rings. The van der Waals surface area contributed by atoms with Gasteiger partial charge in [-0.25, -0.2) is 18.2 Å². The van der Waals surface area contributed by atoms with Crippen molar-refractivity contribution < 1.29 is 27.7 Å². The molecule has 0 aromatic heterocycles. The summed E-state index contributed by atoms with van der Waals surface area (Å²) in [6, 6.07) is 14.6. The second kappa shape index (κ2) is 6.51. The fourth-order valence-corrected chi connectivity index (χ4v) is 6.18. The van der Waals surface area contributed by atoms with Crippen molar-refractivity contribution in [2.45, 2.75) is 24.0 Å². The minimum absolute atomic E-state index is 0.107. The molecule has 2 bridgehead atoms. The number of hydrogen-bond acceptors (Lipinski definition) is 6. The Labute approximate surface area is 158 Å². The predicted molar refractivity (Wildman–Crippen MR) is 99.4 cm³/mol. The molecular formula is C20H22O6S. The van der Waals surface area contributed by atoms with Gasteiger partial charge in [0.25, 0.3) is 0 Å². The molecule has 0 amide bonds. The fraction of sp³-hybridized carbons (Fsp3) is 0.400. The third-order valence-corrected chi connectivity index (χ3v) is 7.24. The summed E-state index contributed by atoms with van der Waals surface area (Å²) in [5.74, 6) is 1.20. The lowest BCUT2D eigenvalue weighted by molar-refractivity contribution is -0.438. The molecule has 0 aliphatic carbocycles. The summed E-state index contributed by atoms with van der Waals surface area (Å²) in [5, 5.41) is 0.